The van der Waals surface area contributed by atoms with Gasteiger partial charge in [-0.3, -0.25) is 0 Å². The molecule has 0 saturated heterocycles. The highest BCUT2D eigenvalue weighted by Crippen LogP contribution is 2.14. The second-order valence-corrected chi connectivity index (χ2v) is 3.84. The van der Waals surface area contributed by atoms with Crippen LogP contribution in [0.3, 0.4) is 0 Å². The third-order valence-electron chi connectivity index (χ3n) is 1.99. The summed E-state index contributed by atoms with van der Waals surface area (Å²) < 4.78 is 0. The van der Waals surface area contributed by atoms with E-state index >= 15 is 0 Å². The number of nitrogens with zero attached hydrogens (tertiary/aromatic N) is 4. The molecule has 4 heteroatoms. The lowest BCUT2D eigenvalue weighted by atomic mass is 10.3. The van der Waals surface area contributed by atoms with Crippen LogP contribution in [-0.4, -0.2) is 48.9 Å². The standard InChI is InChI=1S/C11H18N4/c1-9-7-6-8-12-10(9)13-11(14(2)3)15(4)5/h6-8H,1-5H3. The van der Waals surface area contributed by atoms with Gasteiger partial charge in [0, 0.05) is 34.4 Å². The summed E-state index contributed by atoms with van der Waals surface area (Å²) in [6.45, 7) is 2.01. The maximum Gasteiger partial charge on any atom is 0.202 e. The average Bonchev–Trinajstić information content (AvgIpc) is 2.15. The lowest BCUT2D eigenvalue weighted by molar-refractivity contribution is 0.484. The lowest BCUT2D eigenvalue weighted by Gasteiger charge is -2.22. The maximum absolute atomic E-state index is 4.51. The van der Waals surface area contributed by atoms with Crippen LogP contribution in [0.4, 0.5) is 5.82 Å². The molecule has 0 aliphatic rings. The molecule has 1 aromatic rings. The fourth-order valence-corrected chi connectivity index (χ4v) is 1.29. The van der Waals surface area contributed by atoms with Gasteiger partial charge >= 0.3 is 0 Å². The summed E-state index contributed by atoms with van der Waals surface area (Å²) in [6, 6.07) is 3.92. The van der Waals surface area contributed by atoms with Crippen LogP contribution in [0.5, 0.6) is 0 Å². The molecule has 1 heterocycles. The Bertz CT molecular complexity index is 345. The van der Waals surface area contributed by atoms with E-state index in [1.54, 1.807) is 6.20 Å². The molecule has 15 heavy (non-hydrogen) atoms. The zero-order chi connectivity index (χ0) is 11.4. The van der Waals surface area contributed by atoms with Gasteiger partial charge < -0.3 is 9.80 Å². The van der Waals surface area contributed by atoms with Crippen molar-refractivity contribution in [2.75, 3.05) is 28.2 Å². The quantitative estimate of drug-likeness (QED) is 0.515. The average molecular weight is 206 g/mol. The Balaban J connectivity index is 3.08. The van der Waals surface area contributed by atoms with Gasteiger partial charge in [-0.15, -0.1) is 0 Å². The van der Waals surface area contributed by atoms with Crippen LogP contribution in [0, 0.1) is 6.92 Å². The minimum absolute atomic E-state index is 0.773. The molecule has 0 aliphatic carbocycles. The van der Waals surface area contributed by atoms with E-state index in [9.17, 15) is 0 Å². The molecular formula is C11H18N4. The predicted molar refractivity (Wildman–Crippen MR) is 63.4 cm³/mol. The normalized spacial score (nSPS) is 9.67. The van der Waals surface area contributed by atoms with Crippen molar-refractivity contribution < 1.29 is 0 Å². The Morgan fingerprint density at radius 2 is 1.80 bits per heavy atom. The number of aromatic nitrogens is 1. The zero-order valence-electron chi connectivity index (χ0n) is 10.0. The molecule has 0 amide bonds. The second kappa shape index (κ2) is 4.77. The zero-order valence-corrected chi connectivity index (χ0v) is 10.0. The highest BCUT2D eigenvalue weighted by Gasteiger charge is 2.06. The van der Waals surface area contributed by atoms with Crippen LogP contribution in [0.25, 0.3) is 0 Å². The van der Waals surface area contributed by atoms with E-state index in [0.717, 1.165) is 17.3 Å². The van der Waals surface area contributed by atoms with Crippen LogP contribution in [0.2, 0.25) is 0 Å². The van der Waals surface area contributed by atoms with Gasteiger partial charge in [0.15, 0.2) is 5.82 Å². The lowest BCUT2D eigenvalue weighted by Crippen LogP contribution is -2.35. The van der Waals surface area contributed by atoms with Gasteiger partial charge in [-0.25, -0.2) is 4.98 Å². The summed E-state index contributed by atoms with van der Waals surface area (Å²) in [5.41, 5.74) is 1.08. The van der Waals surface area contributed by atoms with E-state index in [1.165, 1.54) is 0 Å². The third kappa shape index (κ3) is 2.94. The van der Waals surface area contributed by atoms with Crippen molar-refractivity contribution in [1.82, 2.24) is 14.8 Å². The fourth-order valence-electron chi connectivity index (χ4n) is 1.29. The Morgan fingerprint density at radius 3 is 2.27 bits per heavy atom. The molecule has 0 bridgehead atoms. The first-order valence-corrected chi connectivity index (χ1v) is 4.87. The number of aryl methyl sites for hydroxylation is 1. The van der Waals surface area contributed by atoms with E-state index in [1.807, 2.05) is 57.0 Å². The molecule has 0 aliphatic heterocycles. The highest BCUT2D eigenvalue weighted by molar-refractivity contribution is 5.81. The summed E-state index contributed by atoms with van der Waals surface area (Å²) in [5.74, 6) is 1.66. The number of pyridine rings is 1. The van der Waals surface area contributed by atoms with Crippen molar-refractivity contribution in [3.05, 3.63) is 23.9 Å². The predicted octanol–water partition coefficient (Wildman–Crippen LogP) is 1.50. The molecule has 0 unspecified atom stereocenters. The van der Waals surface area contributed by atoms with Gasteiger partial charge in [-0.1, -0.05) is 6.07 Å². The molecule has 4 nitrogen and oxygen atoms in total. The van der Waals surface area contributed by atoms with Gasteiger partial charge in [0.25, 0.3) is 0 Å². The highest BCUT2D eigenvalue weighted by atomic mass is 15.3. The first kappa shape index (κ1) is 11.5. The molecule has 0 aromatic carbocycles. The van der Waals surface area contributed by atoms with E-state index in [2.05, 4.69) is 9.98 Å². The number of guanidine groups is 1. The summed E-state index contributed by atoms with van der Waals surface area (Å²) >= 11 is 0. The first-order chi connectivity index (χ1) is 7.02. The summed E-state index contributed by atoms with van der Waals surface area (Å²) in [7, 11) is 7.88. The van der Waals surface area contributed by atoms with Crippen LogP contribution in [-0.2, 0) is 0 Å². The van der Waals surface area contributed by atoms with Crippen molar-refractivity contribution in [2.45, 2.75) is 6.92 Å². The minimum Gasteiger partial charge on any atom is -0.349 e. The topological polar surface area (TPSA) is 31.7 Å². The SMILES string of the molecule is Cc1cccnc1N=C(N(C)C)N(C)C. The molecule has 1 aromatic heterocycles. The molecule has 0 fully saturated rings. The van der Waals surface area contributed by atoms with E-state index in [0.29, 0.717) is 0 Å². The van der Waals surface area contributed by atoms with E-state index < -0.39 is 0 Å². The second-order valence-electron chi connectivity index (χ2n) is 3.84. The van der Waals surface area contributed by atoms with Crippen molar-refractivity contribution in [3.63, 3.8) is 0 Å². The van der Waals surface area contributed by atoms with Crippen molar-refractivity contribution in [3.8, 4) is 0 Å². The summed E-state index contributed by atoms with van der Waals surface area (Å²) in [4.78, 5) is 12.7. The van der Waals surface area contributed by atoms with Crippen LogP contribution >= 0.6 is 0 Å². The molecule has 1 rings (SSSR count). The van der Waals surface area contributed by atoms with Gasteiger partial charge in [-0.2, -0.15) is 4.99 Å². The molecule has 0 atom stereocenters. The van der Waals surface area contributed by atoms with E-state index in [-0.39, 0.29) is 0 Å². The third-order valence-corrected chi connectivity index (χ3v) is 1.99. The monoisotopic (exact) mass is 206 g/mol. The van der Waals surface area contributed by atoms with Gasteiger partial charge in [0.1, 0.15) is 0 Å². The van der Waals surface area contributed by atoms with Crippen LogP contribution < -0.4 is 0 Å². The number of hydrogen-bond donors (Lipinski definition) is 0. The molecule has 0 radical (unpaired) electrons. The fraction of sp³-hybridized carbons (Fsp3) is 0.455. The maximum atomic E-state index is 4.51. The minimum atomic E-state index is 0.773. The Labute approximate surface area is 91.3 Å². The smallest absolute Gasteiger partial charge is 0.202 e. The molecular weight excluding hydrogens is 188 g/mol. The Morgan fingerprint density at radius 1 is 1.20 bits per heavy atom. The van der Waals surface area contributed by atoms with Crippen molar-refractivity contribution >= 4 is 11.8 Å². The van der Waals surface area contributed by atoms with Gasteiger partial charge in [-0.05, 0) is 18.6 Å². The molecule has 0 spiro atoms. The van der Waals surface area contributed by atoms with Crippen LogP contribution in [0.1, 0.15) is 5.56 Å². The summed E-state index contributed by atoms with van der Waals surface area (Å²) in [6.07, 6.45) is 1.76. The summed E-state index contributed by atoms with van der Waals surface area (Å²) in [5, 5.41) is 0. The first-order valence-electron chi connectivity index (χ1n) is 4.87. The van der Waals surface area contributed by atoms with Gasteiger partial charge in [0.2, 0.25) is 5.96 Å². The number of aliphatic imine (C=N–C) groups is 1. The van der Waals surface area contributed by atoms with Crippen molar-refractivity contribution in [1.29, 1.82) is 0 Å². The molecule has 82 valence electrons. The number of hydrogen-bond acceptors (Lipinski definition) is 2. The van der Waals surface area contributed by atoms with E-state index in [4.69, 9.17) is 0 Å². The van der Waals surface area contributed by atoms with Crippen LogP contribution in [0.15, 0.2) is 23.3 Å². The molecule has 0 N–H and O–H groups in total. The van der Waals surface area contributed by atoms with Gasteiger partial charge in [0.05, 0.1) is 0 Å². The van der Waals surface area contributed by atoms with Crippen molar-refractivity contribution in [2.24, 2.45) is 4.99 Å². The molecule has 0 saturated carbocycles. The number of rotatable bonds is 1. The largest absolute Gasteiger partial charge is 0.349 e. The Kier molecular flexibility index (Phi) is 3.66. The Hall–Kier alpha value is -1.58.